The summed E-state index contributed by atoms with van der Waals surface area (Å²) in [6.45, 7) is 1.98. The summed E-state index contributed by atoms with van der Waals surface area (Å²) in [5, 5.41) is 0. The molecule has 84 valence electrons. The molecular weight excluding hydrogens is 212 g/mol. The van der Waals surface area contributed by atoms with Gasteiger partial charge in [0.25, 0.3) is 0 Å². The molecule has 5 nitrogen and oxygen atoms in total. The van der Waals surface area contributed by atoms with E-state index < -0.39 is 5.97 Å². The van der Waals surface area contributed by atoms with E-state index in [9.17, 15) is 9.59 Å². The Morgan fingerprint density at radius 2 is 2.31 bits per heavy atom. The maximum atomic E-state index is 11.7. The molecule has 1 heterocycles. The smallest absolute Gasteiger partial charge is 0.342 e. The summed E-state index contributed by atoms with van der Waals surface area (Å²) in [7, 11) is 0. The lowest BCUT2D eigenvalue weighted by Gasteiger charge is -2.07. The monoisotopic (exact) mass is 222 g/mol. The van der Waals surface area contributed by atoms with Crippen molar-refractivity contribution in [3.8, 4) is 11.5 Å². The number of esters is 1. The first kappa shape index (κ1) is 10.5. The molecule has 0 saturated carbocycles. The first-order valence-corrected chi connectivity index (χ1v) is 4.82. The van der Waals surface area contributed by atoms with E-state index in [0.717, 1.165) is 0 Å². The highest BCUT2D eigenvalue weighted by Gasteiger charge is 2.26. The number of ether oxygens (including phenoxy) is 3. The Balaban J connectivity index is 2.51. The summed E-state index contributed by atoms with van der Waals surface area (Å²) >= 11 is 0. The number of carbonyl (C=O) groups excluding carboxylic acids is 2. The number of carbonyl (C=O) groups is 2. The normalized spacial score (nSPS) is 12.3. The van der Waals surface area contributed by atoms with Crippen molar-refractivity contribution in [1.82, 2.24) is 0 Å². The Kier molecular flexibility index (Phi) is 2.76. The van der Waals surface area contributed by atoms with Crippen LogP contribution in [-0.4, -0.2) is 25.7 Å². The number of hydrogen-bond acceptors (Lipinski definition) is 5. The molecule has 5 heteroatoms. The van der Waals surface area contributed by atoms with Gasteiger partial charge >= 0.3 is 5.97 Å². The maximum Gasteiger partial charge on any atom is 0.342 e. The number of fused-ring (bicyclic) bond motifs is 1. The highest BCUT2D eigenvalue weighted by Crippen LogP contribution is 2.37. The molecule has 1 aromatic rings. The van der Waals surface area contributed by atoms with Crippen LogP contribution >= 0.6 is 0 Å². The third-order valence-electron chi connectivity index (χ3n) is 2.18. The molecule has 0 aliphatic carbocycles. The minimum atomic E-state index is -0.577. The average Bonchev–Trinajstić information content (AvgIpc) is 2.75. The minimum Gasteiger partial charge on any atom is -0.462 e. The van der Waals surface area contributed by atoms with E-state index in [1.165, 1.54) is 6.07 Å². The Hall–Kier alpha value is -2.04. The lowest BCUT2D eigenvalue weighted by molar-refractivity contribution is 0.0519. The van der Waals surface area contributed by atoms with Crippen LogP contribution in [0.1, 0.15) is 27.6 Å². The van der Waals surface area contributed by atoms with Gasteiger partial charge in [-0.25, -0.2) is 4.79 Å². The fraction of sp³-hybridized carbons (Fsp3) is 0.273. The molecule has 0 radical (unpaired) electrons. The molecule has 0 fully saturated rings. The summed E-state index contributed by atoms with van der Waals surface area (Å²) in [4.78, 5) is 22.5. The van der Waals surface area contributed by atoms with Gasteiger partial charge in [0.05, 0.1) is 6.61 Å². The topological polar surface area (TPSA) is 61.8 Å². The van der Waals surface area contributed by atoms with E-state index in [1.54, 1.807) is 13.0 Å². The zero-order valence-corrected chi connectivity index (χ0v) is 8.69. The Bertz CT molecular complexity index is 438. The third kappa shape index (κ3) is 1.60. The van der Waals surface area contributed by atoms with Crippen molar-refractivity contribution in [3.05, 3.63) is 23.3 Å². The molecule has 1 aliphatic rings. The van der Waals surface area contributed by atoms with Gasteiger partial charge in [0, 0.05) is 5.56 Å². The second-order valence-electron chi connectivity index (χ2n) is 3.10. The van der Waals surface area contributed by atoms with Crippen molar-refractivity contribution in [2.24, 2.45) is 0 Å². The zero-order valence-electron chi connectivity index (χ0n) is 8.69. The zero-order chi connectivity index (χ0) is 11.5. The summed E-state index contributed by atoms with van der Waals surface area (Å²) in [6.07, 6.45) is 0.591. The van der Waals surface area contributed by atoms with Crippen molar-refractivity contribution >= 4 is 12.3 Å². The van der Waals surface area contributed by atoms with Crippen molar-refractivity contribution in [2.45, 2.75) is 6.92 Å². The largest absolute Gasteiger partial charge is 0.462 e. The SMILES string of the molecule is CCOC(=O)c1c(C=O)ccc2c1OCO2. The summed E-state index contributed by atoms with van der Waals surface area (Å²) < 4.78 is 15.1. The number of benzene rings is 1. The van der Waals surface area contributed by atoms with Crippen molar-refractivity contribution < 1.29 is 23.8 Å². The van der Waals surface area contributed by atoms with E-state index in [4.69, 9.17) is 14.2 Å². The quantitative estimate of drug-likeness (QED) is 0.571. The van der Waals surface area contributed by atoms with Gasteiger partial charge < -0.3 is 14.2 Å². The maximum absolute atomic E-state index is 11.7. The van der Waals surface area contributed by atoms with Gasteiger partial charge in [0.1, 0.15) is 5.56 Å². The van der Waals surface area contributed by atoms with Crippen LogP contribution in [-0.2, 0) is 4.74 Å². The van der Waals surface area contributed by atoms with Gasteiger partial charge in [0.2, 0.25) is 6.79 Å². The molecule has 0 saturated heterocycles. The second-order valence-corrected chi connectivity index (χ2v) is 3.10. The number of hydrogen-bond donors (Lipinski definition) is 0. The van der Waals surface area contributed by atoms with E-state index in [1.807, 2.05) is 0 Å². The van der Waals surface area contributed by atoms with Crippen molar-refractivity contribution in [2.75, 3.05) is 13.4 Å². The molecule has 0 aromatic heterocycles. The Morgan fingerprint density at radius 1 is 1.50 bits per heavy atom. The Labute approximate surface area is 91.9 Å². The van der Waals surface area contributed by atoms with Crippen LogP contribution in [0.4, 0.5) is 0 Å². The number of aldehydes is 1. The van der Waals surface area contributed by atoms with Crippen molar-refractivity contribution in [3.63, 3.8) is 0 Å². The van der Waals surface area contributed by atoms with Crippen LogP contribution in [0.2, 0.25) is 0 Å². The number of rotatable bonds is 3. The lowest BCUT2D eigenvalue weighted by Crippen LogP contribution is -2.09. The van der Waals surface area contributed by atoms with Crippen molar-refractivity contribution in [1.29, 1.82) is 0 Å². The molecule has 1 aromatic carbocycles. The second kappa shape index (κ2) is 4.22. The third-order valence-corrected chi connectivity index (χ3v) is 2.18. The molecule has 0 atom stereocenters. The predicted octanol–water partition coefficient (Wildman–Crippen LogP) is 1.40. The highest BCUT2D eigenvalue weighted by molar-refractivity contribution is 6.01. The van der Waals surface area contributed by atoms with Gasteiger partial charge in [-0.1, -0.05) is 0 Å². The van der Waals surface area contributed by atoms with Crippen LogP contribution in [0.3, 0.4) is 0 Å². The average molecular weight is 222 g/mol. The highest BCUT2D eigenvalue weighted by atomic mass is 16.7. The van der Waals surface area contributed by atoms with Gasteiger partial charge in [-0.05, 0) is 19.1 Å². The van der Waals surface area contributed by atoms with E-state index in [-0.39, 0.29) is 30.3 Å². The molecule has 0 unspecified atom stereocenters. The summed E-state index contributed by atoms with van der Waals surface area (Å²) in [6, 6.07) is 3.10. The lowest BCUT2D eigenvalue weighted by atomic mass is 10.1. The van der Waals surface area contributed by atoms with E-state index in [2.05, 4.69) is 0 Å². The standard InChI is InChI=1S/C11H10O5/c1-2-14-11(13)9-7(5-12)3-4-8-10(9)16-6-15-8/h3-5H,2,6H2,1H3. The van der Waals surface area contributed by atoms with Gasteiger partial charge in [-0.3, -0.25) is 4.79 Å². The molecule has 2 rings (SSSR count). The van der Waals surface area contributed by atoms with E-state index in [0.29, 0.717) is 12.0 Å². The fourth-order valence-electron chi connectivity index (χ4n) is 1.50. The van der Waals surface area contributed by atoms with Gasteiger partial charge in [-0.2, -0.15) is 0 Å². The molecule has 0 N–H and O–H groups in total. The first-order valence-electron chi connectivity index (χ1n) is 4.82. The van der Waals surface area contributed by atoms with Crippen LogP contribution in [0.5, 0.6) is 11.5 Å². The fourth-order valence-corrected chi connectivity index (χ4v) is 1.50. The molecule has 0 bridgehead atoms. The molecular formula is C11H10O5. The first-order chi connectivity index (χ1) is 7.77. The molecule has 0 spiro atoms. The van der Waals surface area contributed by atoms with E-state index >= 15 is 0 Å². The summed E-state index contributed by atoms with van der Waals surface area (Å²) in [5.41, 5.74) is 0.370. The van der Waals surface area contributed by atoms with Crippen LogP contribution in [0, 0.1) is 0 Å². The van der Waals surface area contributed by atoms with Crippen LogP contribution in [0.25, 0.3) is 0 Å². The molecule has 16 heavy (non-hydrogen) atoms. The van der Waals surface area contributed by atoms with Gasteiger partial charge in [-0.15, -0.1) is 0 Å². The van der Waals surface area contributed by atoms with Crippen LogP contribution < -0.4 is 9.47 Å². The summed E-state index contributed by atoms with van der Waals surface area (Å²) in [5.74, 6) is 0.156. The van der Waals surface area contributed by atoms with Crippen LogP contribution in [0.15, 0.2) is 12.1 Å². The predicted molar refractivity (Wildman–Crippen MR) is 53.9 cm³/mol. The Morgan fingerprint density at radius 3 is 3.00 bits per heavy atom. The minimum absolute atomic E-state index is 0.0457. The van der Waals surface area contributed by atoms with Gasteiger partial charge in [0.15, 0.2) is 17.8 Å². The molecule has 1 aliphatic heterocycles. The molecule has 0 amide bonds.